The van der Waals surface area contributed by atoms with E-state index in [0.29, 0.717) is 38.8 Å². The fraction of sp³-hybridized carbons (Fsp3) is 0.444. The molecule has 1 saturated heterocycles. The van der Waals surface area contributed by atoms with E-state index in [2.05, 4.69) is 10.1 Å². The fourth-order valence-electron chi connectivity index (χ4n) is 3.27. The molecule has 0 unspecified atom stereocenters. The number of piperidine rings is 1. The maximum Gasteiger partial charge on any atom is 0.331 e. The number of carboxylic acids is 1. The molecule has 0 aliphatic carbocycles. The number of nitrogens with zero attached hydrogens (tertiary/aromatic N) is 4. The van der Waals surface area contributed by atoms with E-state index in [1.54, 1.807) is 34.4 Å². The van der Waals surface area contributed by atoms with E-state index >= 15 is 0 Å². The lowest BCUT2D eigenvalue weighted by Crippen LogP contribution is -2.52. The van der Waals surface area contributed by atoms with Gasteiger partial charge in [-0.25, -0.2) is 4.79 Å². The van der Waals surface area contributed by atoms with Crippen LogP contribution in [0.4, 0.5) is 0 Å². The smallest absolute Gasteiger partial charge is 0.331 e. The van der Waals surface area contributed by atoms with Crippen LogP contribution in [-0.4, -0.2) is 49.7 Å². The number of carbonyl (C=O) groups is 2. The highest BCUT2D eigenvalue weighted by molar-refractivity contribution is 5.79. The molecular weight excluding hydrogens is 320 g/mol. The zero-order valence-electron chi connectivity index (χ0n) is 14.3. The summed E-state index contributed by atoms with van der Waals surface area (Å²) in [6.45, 7) is 2.75. The molecule has 0 radical (unpaired) electrons. The molecule has 0 spiro atoms. The third-order valence-corrected chi connectivity index (χ3v) is 4.87. The van der Waals surface area contributed by atoms with Crippen LogP contribution in [-0.2, 0) is 21.5 Å². The first-order chi connectivity index (χ1) is 12.0. The summed E-state index contributed by atoms with van der Waals surface area (Å²) in [6.07, 6.45) is 8.67. The Kier molecular flexibility index (Phi) is 4.83. The van der Waals surface area contributed by atoms with Crippen molar-refractivity contribution in [1.29, 1.82) is 0 Å². The summed E-state index contributed by atoms with van der Waals surface area (Å²) >= 11 is 0. The summed E-state index contributed by atoms with van der Waals surface area (Å²) in [5, 5.41) is 14.0. The first kappa shape index (κ1) is 17.1. The zero-order chi connectivity index (χ0) is 17.9. The fourth-order valence-corrected chi connectivity index (χ4v) is 3.27. The molecular formula is C18H22N4O3. The van der Waals surface area contributed by atoms with Crippen LogP contribution in [0.3, 0.4) is 0 Å². The molecule has 3 heterocycles. The quantitative estimate of drug-likeness (QED) is 0.892. The summed E-state index contributed by atoms with van der Waals surface area (Å²) in [4.78, 5) is 30.1. The highest BCUT2D eigenvalue weighted by Crippen LogP contribution is 2.30. The normalized spacial score (nSPS) is 16.6. The predicted molar refractivity (Wildman–Crippen MR) is 90.9 cm³/mol. The van der Waals surface area contributed by atoms with E-state index in [1.807, 2.05) is 19.1 Å². The lowest BCUT2D eigenvalue weighted by molar-refractivity contribution is -0.153. The van der Waals surface area contributed by atoms with Gasteiger partial charge in [-0.2, -0.15) is 5.10 Å². The Morgan fingerprint density at radius 1 is 1.24 bits per heavy atom. The van der Waals surface area contributed by atoms with Crippen molar-refractivity contribution in [2.75, 3.05) is 13.1 Å². The van der Waals surface area contributed by atoms with Gasteiger partial charge in [-0.05, 0) is 36.6 Å². The van der Waals surface area contributed by atoms with Gasteiger partial charge in [0, 0.05) is 50.9 Å². The van der Waals surface area contributed by atoms with Crippen molar-refractivity contribution >= 4 is 11.9 Å². The molecule has 2 aromatic rings. The first-order valence-electron chi connectivity index (χ1n) is 8.43. The van der Waals surface area contributed by atoms with Crippen molar-refractivity contribution < 1.29 is 14.7 Å². The van der Waals surface area contributed by atoms with Crippen LogP contribution in [0.15, 0.2) is 36.9 Å². The van der Waals surface area contributed by atoms with E-state index < -0.39 is 11.5 Å². The predicted octanol–water partition coefficient (Wildman–Crippen LogP) is 1.62. The van der Waals surface area contributed by atoms with Crippen molar-refractivity contribution in [3.05, 3.63) is 48.0 Å². The molecule has 3 rings (SSSR count). The van der Waals surface area contributed by atoms with Crippen LogP contribution in [0, 0.1) is 6.92 Å². The number of amides is 1. The Bertz CT molecular complexity index is 749. The second kappa shape index (κ2) is 7.04. The maximum absolute atomic E-state index is 12.4. The van der Waals surface area contributed by atoms with Gasteiger partial charge in [-0.3, -0.25) is 14.5 Å². The molecule has 0 aromatic carbocycles. The van der Waals surface area contributed by atoms with E-state index in [1.165, 1.54) is 0 Å². The number of carbonyl (C=O) groups excluding carboxylic acids is 1. The number of hydrogen-bond donors (Lipinski definition) is 1. The monoisotopic (exact) mass is 342 g/mol. The summed E-state index contributed by atoms with van der Waals surface area (Å²) < 4.78 is 1.55. The molecule has 0 saturated carbocycles. The molecule has 1 amide bonds. The Hall–Kier alpha value is -2.70. The molecule has 1 fully saturated rings. The number of likely N-dealkylation sites (tertiary alicyclic amines) is 1. The van der Waals surface area contributed by atoms with Gasteiger partial charge in [0.2, 0.25) is 5.91 Å². The summed E-state index contributed by atoms with van der Waals surface area (Å²) in [5.74, 6) is -0.827. The average molecular weight is 342 g/mol. The molecule has 25 heavy (non-hydrogen) atoms. The van der Waals surface area contributed by atoms with Gasteiger partial charge < -0.3 is 10.0 Å². The van der Waals surface area contributed by atoms with Gasteiger partial charge in [-0.1, -0.05) is 0 Å². The van der Waals surface area contributed by atoms with Gasteiger partial charge in [0.1, 0.15) is 0 Å². The molecule has 0 bridgehead atoms. The van der Waals surface area contributed by atoms with Crippen molar-refractivity contribution in [3.63, 3.8) is 0 Å². The molecule has 1 N–H and O–H groups in total. The zero-order valence-corrected chi connectivity index (χ0v) is 14.3. The van der Waals surface area contributed by atoms with E-state index in [-0.39, 0.29) is 5.91 Å². The third-order valence-electron chi connectivity index (χ3n) is 4.87. The summed E-state index contributed by atoms with van der Waals surface area (Å²) in [6, 6.07) is 3.80. The largest absolute Gasteiger partial charge is 0.479 e. The Balaban J connectivity index is 1.62. The Morgan fingerprint density at radius 3 is 2.48 bits per heavy atom. The molecule has 132 valence electrons. The van der Waals surface area contributed by atoms with Crippen molar-refractivity contribution in [1.82, 2.24) is 19.7 Å². The number of carboxylic acid groups (broad SMARTS) is 1. The molecule has 7 heteroatoms. The topological polar surface area (TPSA) is 88.3 Å². The van der Waals surface area contributed by atoms with Crippen LogP contribution >= 0.6 is 0 Å². The number of aromatic nitrogens is 3. The maximum atomic E-state index is 12.4. The van der Waals surface area contributed by atoms with Crippen molar-refractivity contribution in [3.8, 4) is 0 Å². The first-order valence-corrected chi connectivity index (χ1v) is 8.43. The molecule has 0 atom stereocenters. The number of aliphatic carboxylic acids is 1. The second-order valence-corrected chi connectivity index (χ2v) is 6.54. The number of hydrogen-bond acceptors (Lipinski definition) is 4. The molecule has 7 nitrogen and oxygen atoms in total. The van der Waals surface area contributed by atoms with Crippen LogP contribution in [0.25, 0.3) is 0 Å². The van der Waals surface area contributed by atoms with Crippen molar-refractivity contribution in [2.24, 2.45) is 0 Å². The third kappa shape index (κ3) is 3.55. The second-order valence-electron chi connectivity index (χ2n) is 6.54. The Labute approximate surface area is 146 Å². The highest BCUT2D eigenvalue weighted by Gasteiger charge is 2.44. The minimum atomic E-state index is -1.06. The van der Waals surface area contributed by atoms with Crippen LogP contribution in [0.1, 0.15) is 30.4 Å². The van der Waals surface area contributed by atoms with E-state index in [9.17, 15) is 14.7 Å². The molecule has 1 aliphatic rings. The van der Waals surface area contributed by atoms with Crippen molar-refractivity contribution in [2.45, 2.75) is 38.1 Å². The lowest BCUT2D eigenvalue weighted by atomic mass is 9.87. The Morgan fingerprint density at radius 2 is 1.92 bits per heavy atom. The van der Waals surface area contributed by atoms with Crippen LogP contribution in [0.5, 0.6) is 0 Å². The van der Waals surface area contributed by atoms with Crippen LogP contribution in [0.2, 0.25) is 0 Å². The number of aryl methyl sites for hydroxylation is 2. The average Bonchev–Trinajstić information content (AvgIpc) is 3.07. The van der Waals surface area contributed by atoms with E-state index in [0.717, 1.165) is 11.1 Å². The minimum Gasteiger partial charge on any atom is -0.479 e. The number of rotatable bonds is 5. The van der Waals surface area contributed by atoms with Gasteiger partial charge in [-0.15, -0.1) is 0 Å². The standard InChI is InChI=1S/C18H22N4O3/c1-14-12-20-22(13-14)18(17(24)25)6-10-21(11-7-18)16(23)3-2-15-4-8-19-9-5-15/h4-5,8-9,12-13H,2-3,6-7,10-11H2,1H3,(H,24,25). The number of pyridine rings is 1. The highest BCUT2D eigenvalue weighted by atomic mass is 16.4. The molecule has 1 aliphatic heterocycles. The SMILES string of the molecule is Cc1cnn(C2(C(=O)O)CCN(C(=O)CCc3ccncc3)CC2)c1. The van der Waals surface area contributed by atoms with Gasteiger partial charge in [0.05, 0.1) is 6.20 Å². The minimum absolute atomic E-state index is 0.0625. The summed E-state index contributed by atoms with van der Waals surface area (Å²) in [5.41, 5.74) is 0.944. The van der Waals surface area contributed by atoms with Gasteiger partial charge in [0.25, 0.3) is 0 Å². The van der Waals surface area contributed by atoms with Crippen LogP contribution < -0.4 is 0 Å². The van der Waals surface area contributed by atoms with Gasteiger partial charge >= 0.3 is 5.97 Å². The lowest BCUT2D eigenvalue weighted by Gasteiger charge is -2.39. The summed E-state index contributed by atoms with van der Waals surface area (Å²) in [7, 11) is 0. The molecule has 2 aromatic heterocycles. The van der Waals surface area contributed by atoms with E-state index in [4.69, 9.17) is 0 Å². The van der Waals surface area contributed by atoms with Gasteiger partial charge in [0.15, 0.2) is 5.54 Å².